The van der Waals surface area contributed by atoms with Gasteiger partial charge < -0.3 is 4.74 Å². The molecule has 0 aromatic heterocycles. The van der Waals surface area contributed by atoms with Gasteiger partial charge in [-0.05, 0) is 30.1 Å². The molecule has 1 saturated carbocycles. The van der Waals surface area contributed by atoms with E-state index in [0.717, 1.165) is 6.42 Å². The van der Waals surface area contributed by atoms with Gasteiger partial charge in [-0.3, -0.25) is 4.79 Å². The summed E-state index contributed by atoms with van der Waals surface area (Å²) in [6.45, 7) is 4.41. The van der Waals surface area contributed by atoms with Gasteiger partial charge in [-0.15, -0.1) is 0 Å². The van der Waals surface area contributed by atoms with E-state index in [1.165, 1.54) is 7.11 Å². The Morgan fingerprint density at radius 2 is 2.00 bits per heavy atom. The maximum Gasteiger partial charge on any atom is 0.309 e. The summed E-state index contributed by atoms with van der Waals surface area (Å²) in [5.74, 6) is 2.23. The minimum Gasteiger partial charge on any atom is -0.469 e. The van der Waals surface area contributed by atoms with Crippen molar-refractivity contribution in [2.24, 2.45) is 29.6 Å². The molecule has 2 bridgehead atoms. The summed E-state index contributed by atoms with van der Waals surface area (Å²) in [6, 6.07) is 0. The van der Waals surface area contributed by atoms with Gasteiger partial charge in [0, 0.05) is 0 Å². The zero-order valence-electron chi connectivity index (χ0n) is 9.07. The Kier molecular flexibility index (Phi) is 2.38. The summed E-state index contributed by atoms with van der Waals surface area (Å²) in [5.41, 5.74) is 0. The summed E-state index contributed by atoms with van der Waals surface area (Å²) >= 11 is 0. The van der Waals surface area contributed by atoms with Gasteiger partial charge in [0.25, 0.3) is 0 Å². The average Bonchev–Trinajstić information content (AvgIpc) is 2.74. The Morgan fingerprint density at radius 3 is 2.57 bits per heavy atom. The molecular weight excluding hydrogens is 176 g/mol. The Morgan fingerprint density at radius 1 is 1.36 bits per heavy atom. The van der Waals surface area contributed by atoms with Crippen molar-refractivity contribution in [1.29, 1.82) is 0 Å². The Hall–Kier alpha value is -0.790. The predicted octanol–water partition coefficient (Wildman–Crippen LogP) is 2.25. The van der Waals surface area contributed by atoms with E-state index in [-0.39, 0.29) is 11.9 Å². The second-order valence-electron chi connectivity index (χ2n) is 4.82. The average molecular weight is 194 g/mol. The van der Waals surface area contributed by atoms with E-state index in [0.29, 0.717) is 23.7 Å². The molecule has 0 saturated heterocycles. The second kappa shape index (κ2) is 3.41. The smallest absolute Gasteiger partial charge is 0.309 e. The zero-order valence-corrected chi connectivity index (χ0v) is 9.07. The lowest BCUT2D eigenvalue weighted by Gasteiger charge is -2.28. The van der Waals surface area contributed by atoms with Gasteiger partial charge in [-0.1, -0.05) is 26.0 Å². The van der Waals surface area contributed by atoms with Crippen molar-refractivity contribution >= 4 is 5.97 Å². The molecule has 2 aliphatic carbocycles. The number of rotatable bonds is 2. The van der Waals surface area contributed by atoms with E-state index in [1.807, 2.05) is 0 Å². The van der Waals surface area contributed by atoms with Crippen LogP contribution in [0.2, 0.25) is 0 Å². The molecule has 2 aliphatic rings. The summed E-state index contributed by atoms with van der Waals surface area (Å²) < 4.78 is 4.89. The predicted molar refractivity (Wildman–Crippen MR) is 54.6 cm³/mol. The molecule has 0 aromatic rings. The lowest BCUT2D eigenvalue weighted by molar-refractivity contribution is -0.148. The first-order valence-corrected chi connectivity index (χ1v) is 5.41. The normalized spacial score (nSPS) is 39.4. The molecule has 14 heavy (non-hydrogen) atoms. The van der Waals surface area contributed by atoms with Crippen LogP contribution < -0.4 is 0 Å². The van der Waals surface area contributed by atoms with E-state index in [2.05, 4.69) is 26.0 Å². The molecule has 0 aromatic carbocycles. The van der Waals surface area contributed by atoms with Crippen LogP contribution in [0.15, 0.2) is 12.2 Å². The van der Waals surface area contributed by atoms with Crippen molar-refractivity contribution in [2.45, 2.75) is 20.3 Å². The fourth-order valence-electron chi connectivity index (χ4n) is 3.24. The first-order chi connectivity index (χ1) is 6.65. The first kappa shape index (κ1) is 9.75. The van der Waals surface area contributed by atoms with Gasteiger partial charge in [0.15, 0.2) is 0 Å². The van der Waals surface area contributed by atoms with Gasteiger partial charge in [0.2, 0.25) is 0 Å². The van der Waals surface area contributed by atoms with Crippen LogP contribution in [-0.2, 0) is 9.53 Å². The number of ether oxygens (including phenoxy) is 1. The van der Waals surface area contributed by atoms with Crippen LogP contribution in [-0.4, -0.2) is 13.1 Å². The third-order valence-electron chi connectivity index (χ3n) is 3.76. The van der Waals surface area contributed by atoms with Crippen LogP contribution in [0.25, 0.3) is 0 Å². The molecule has 4 atom stereocenters. The number of carbonyl (C=O) groups is 1. The molecule has 0 heterocycles. The number of fused-ring (bicyclic) bond motifs is 2. The van der Waals surface area contributed by atoms with Gasteiger partial charge in [-0.2, -0.15) is 0 Å². The van der Waals surface area contributed by atoms with Crippen molar-refractivity contribution in [2.75, 3.05) is 7.11 Å². The molecule has 0 N–H and O–H groups in total. The monoisotopic (exact) mass is 194 g/mol. The topological polar surface area (TPSA) is 26.3 Å². The summed E-state index contributed by atoms with van der Waals surface area (Å²) in [4.78, 5) is 11.7. The summed E-state index contributed by atoms with van der Waals surface area (Å²) in [5, 5.41) is 0. The molecule has 0 spiro atoms. The Labute approximate surface area is 85.3 Å². The van der Waals surface area contributed by atoms with Crippen molar-refractivity contribution in [1.82, 2.24) is 0 Å². The third kappa shape index (κ3) is 1.28. The van der Waals surface area contributed by atoms with Gasteiger partial charge in [-0.25, -0.2) is 0 Å². The number of hydrogen-bond acceptors (Lipinski definition) is 2. The van der Waals surface area contributed by atoms with E-state index in [9.17, 15) is 4.79 Å². The SMILES string of the molecule is COC(=O)C1C2C=CC(C2)C1C(C)C. The van der Waals surface area contributed by atoms with Crippen LogP contribution in [0.4, 0.5) is 0 Å². The standard InChI is InChI=1S/C12H18O2/c1-7(2)10-8-4-5-9(6-8)11(10)12(13)14-3/h4-5,7-11H,6H2,1-3H3. The highest BCUT2D eigenvalue weighted by molar-refractivity contribution is 5.74. The van der Waals surface area contributed by atoms with Crippen LogP contribution in [0, 0.1) is 29.6 Å². The fourth-order valence-corrected chi connectivity index (χ4v) is 3.24. The number of hydrogen-bond donors (Lipinski definition) is 0. The molecule has 4 unspecified atom stereocenters. The molecule has 0 amide bonds. The molecule has 2 nitrogen and oxygen atoms in total. The molecule has 2 rings (SSSR count). The zero-order chi connectivity index (χ0) is 10.3. The van der Waals surface area contributed by atoms with Crippen LogP contribution in [0.3, 0.4) is 0 Å². The second-order valence-corrected chi connectivity index (χ2v) is 4.82. The van der Waals surface area contributed by atoms with Crippen molar-refractivity contribution in [3.8, 4) is 0 Å². The van der Waals surface area contributed by atoms with Crippen LogP contribution in [0.1, 0.15) is 20.3 Å². The molecule has 1 fully saturated rings. The van der Waals surface area contributed by atoms with E-state index >= 15 is 0 Å². The summed E-state index contributed by atoms with van der Waals surface area (Å²) in [6.07, 6.45) is 5.64. The van der Waals surface area contributed by atoms with Gasteiger partial charge >= 0.3 is 5.97 Å². The third-order valence-corrected chi connectivity index (χ3v) is 3.76. The first-order valence-electron chi connectivity index (χ1n) is 5.41. The molecule has 0 radical (unpaired) electrons. The molecular formula is C12H18O2. The number of allylic oxidation sites excluding steroid dienone is 2. The Bertz CT molecular complexity index is 267. The molecule has 2 heteroatoms. The highest BCUT2D eigenvalue weighted by atomic mass is 16.5. The highest BCUT2D eigenvalue weighted by Crippen LogP contribution is 2.51. The minimum atomic E-state index is -0.0134. The number of methoxy groups -OCH3 is 1. The summed E-state index contributed by atoms with van der Waals surface area (Å²) in [7, 11) is 1.50. The van der Waals surface area contributed by atoms with E-state index in [4.69, 9.17) is 4.74 Å². The lowest BCUT2D eigenvalue weighted by atomic mass is 9.76. The lowest BCUT2D eigenvalue weighted by Crippen LogP contribution is -2.31. The van der Waals surface area contributed by atoms with Crippen molar-refractivity contribution < 1.29 is 9.53 Å². The number of esters is 1. The quantitative estimate of drug-likeness (QED) is 0.498. The molecule has 78 valence electrons. The minimum absolute atomic E-state index is 0.0134. The molecule has 0 aliphatic heterocycles. The van der Waals surface area contributed by atoms with Crippen LogP contribution >= 0.6 is 0 Å². The van der Waals surface area contributed by atoms with Gasteiger partial charge in [0.05, 0.1) is 13.0 Å². The van der Waals surface area contributed by atoms with Crippen molar-refractivity contribution in [3.63, 3.8) is 0 Å². The fraction of sp³-hybridized carbons (Fsp3) is 0.750. The van der Waals surface area contributed by atoms with E-state index in [1.54, 1.807) is 0 Å². The maximum atomic E-state index is 11.7. The van der Waals surface area contributed by atoms with E-state index < -0.39 is 0 Å². The maximum absolute atomic E-state index is 11.7. The van der Waals surface area contributed by atoms with Gasteiger partial charge in [0.1, 0.15) is 0 Å². The largest absolute Gasteiger partial charge is 0.469 e. The Balaban J connectivity index is 2.22. The van der Waals surface area contributed by atoms with Crippen LogP contribution in [0.5, 0.6) is 0 Å². The highest BCUT2D eigenvalue weighted by Gasteiger charge is 2.49. The van der Waals surface area contributed by atoms with Crippen molar-refractivity contribution in [3.05, 3.63) is 12.2 Å². The number of carbonyl (C=O) groups excluding carboxylic acids is 1.